The summed E-state index contributed by atoms with van der Waals surface area (Å²) in [5, 5.41) is 16.4. The number of fused-ring (bicyclic) bond motifs is 1. The molecular weight excluding hydrogens is 246 g/mol. The predicted octanol–water partition coefficient (Wildman–Crippen LogP) is 0.699. The molecule has 2 heterocycles. The number of hydrogen-bond acceptors (Lipinski definition) is 4. The highest BCUT2D eigenvalue weighted by Gasteiger charge is 2.29. The molecule has 1 aliphatic rings. The number of aromatic nitrogens is 2. The number of phenolic OH excluding ortho intramolecular Hbond substituents is 1. The minimum absolute atomic E-state index is 0.0668. The first-order valence-electron chi connectivity index (χ1n) is 5.79. The molecule has 2 amide bonds. The molecule has 0 saturated heterocycles. The second-order valence-corrected chi connectivity index (χ2v) is 4.36. The van der Waals surface area contributed by atoms with Crippen LogP contribution in [0.3, 0.4) is 0 Å². The van der Waals surface area contributed by atoms with Crippen molar-refractivity contribution in [3.63, 3.8) is 0 Å². The summed E-state index contributed by atoms with van der Waals surface area (Å²) in [6.45, 7) is 1.73. The SMILES string of the molecule is Cc1c2c(nn1-c1ccccc1O)CC(=O)NC2=O. The average Bonchev–Trinajstić information content (AvgIpc) is 2.67. The van der Waals surface area contributed by atoms with Crippen molar-refractivity contribution in [1.29, 1.82) is 0 Å². The quantitative estimate of drug-likeness (QED) is 0.736. The molecule has 0 saturated carbocycles. The third kappa shape index (κ3) is 1.69. The number of phenols is 1. The van der Waals surface area contributed by atoms with Crippen molar-refractivity contribution in [2.24, 2.45) is 0 Å². The van der Waals surface area contributed by atoms with Crippen LogP contribution in [0.2, 0.25) is 0 Å². The fourth-order valence-electron chi connectivity index (χ4n) is 2.24. The fourth-order valence-corrected chi connectivity index (χ4v) is 2.24. The van der Waals surface area contributed by atoms with Crippen LogP contribution in [0.25, 0.3) is 5.69 Å². The molecule has 6 heteroatoms. The van der Waals surface area contributed by atoms with Crippen molar-refractivity contribution in [2.45, 2.75) is 13.3 Å². The van der Waals surface area contributed by atoms with Crippen molar-refractivity contribution in [3.8, 4) is 11.4 Å². The van der Waals surface area contributed by atoms with Crippen molar-refractivity contribution in [1.82, 2.24) is 15.1 Å². The molecule has 1 aromatic heterocycles. The standard InChI is InChI=1S/C13H11N3O3/c1-7-12-8(6-11(18)14-13(12)19)15-16(7)9-4-2-3-5-10(9)17/h2-5,17H,6H2,1H3,(H,14,18,19). The van der Waals surface area contributed by atoms with Crippen LogP contribution in [0.1, 0.15) is 21.7 Å². The minimum Gasteiger partial charge on any atom is -0.506 e. The van der Waals surface area contributed by atoms with Crippen LogP contribution in [0.4, 0.5) is 0 Å². The fraction of sp³-hybridized carbons (Fsp3) is 0.154. The number of benzene rings is 1. The summed E-state index contributed by atoms with van der Waals surface area (Å²) >= 11 is 0. The lowest BCUT2D eigenvalue weighted by atomic mass is 10.1. The second-order valence-electron chi connectivity index (χ2n) is 4.36. The zero-order valence-corrected chi connectivity index (χ0v) is 10.2. The largest absolute Gasteiger partial charge is 0.506 e. The highest BCUT2D eigenvalue weighted by atomic mass is 16.3. The summed E-state index contributed by atoms with van der Waals surface area (Å²) in [6, 6.07) is 6.70. The van der Waals surface area contributed by atoms with Gasteiger partial charge in [-0.3, -0.25) is 14.9 Å². The molecule has 3 rings (SSSR count). The van der Waals surface area contributed by atoms with E-state index in [1.807, 2.05) is 0 Å². The van der Waals surface area contributed by atoms with Gasteiger partial charge in [-0.25, -0.2) is 4.68 Å². The van der Waals surface area contributed by atoms with Crippen LogP contribution in [0, 0.1) is 6.92 Å². The number of rotatable bonds is 1. The summed E-state index contributed by atoms with van der Waals surface area (Å²) in [4.78, 5) is 23.1. The van der Waals surface area contributed by atoms with Gasteiger partial charge in [-0.2, -0.15) is 5.10 Å². The van der Waals surface area contributed by atoms with Gasteiger partial charge in [-0.05, 0) is 19.1 Å². The third-order valence-corrected chi connectivity index (χ3v) is 3.11. The molecule has 0 spiro atoms. The number of para-hydroxylation sites is 2. The Morgan fingerprint density at radius 1 is 1.32 bits per heavy atom. The number of nitrogens with one attached hydrogen (secondary N) is 1. The van der Waals surface area contributed by atoms with Crippen LogP contribution >= 0.6 is 0 Å². The maximum atomic E-state index is 11.8. The Morgan fingerprint density at radius 3 is 2.79 bits per heavy atom. The van der Waals surface area contributed by atoms with Gasteiger partial charge >= 0.3 is 0 Å². The molecule has 0 unspecified atom stereocenters. The molecule has 19 heavy (non-hydrogen) atoms. The molecule has 0 aliphatic carbocycles. The van der Waals surface area contributed by atoms with E-state index in [1.165, 1.54) is 4.68 Å². The zero-order chi connectivity index (χ0) is 13.6. The third-order valence-electron chi connectivity index (χ3n) is 3.11. The summed E-state index contributed by atoms with van der Waals surface area (Å²) in [5.41, 5.74) is 1.92. The number of amides is 2. The smallest absolute Gasteiger partial charge is 0.261 e. The molecule has 6 nitrogen and oxygen atoms in total. The molecule has 0 bridgehead atoms. The average molecular weight is 257 g/mol. The van der Waals surface area contributed by atoms with E-state index < -0.39 is 5.91 Å². The summed E-state index contributed by atoms with van der Waals surface area (Å²) in [6.07, 6.45) is 0.0719. The van der Waals surface area contributed by atoms with Gasteiger partial charge in [0.05, 0.1) is 23.4 Å². The van der Waals surface area contributed by atoms with E-state index in [9.17, 15) is 14.7 Å². The van der Waals surface area contributed by atoms with Crippen LogP contribution in [-0.2, 0) is 11.2 Å². The lowest BCUT2D eigenvalue weighted by Gasteiger charge is -2.09. The second kappa shape index (κ2) is 3.94. The molecule has 0 atom stereocenters. The van der Waals surface area contributed by atoms with E-state index in [-0.39, 0.29) is 18.1 Å². The van der Waals surface area contributed by atoms with Gasteiger partial charge < -0.3 is 5.11 Å². The van der Waals surface area contributed by atoms with Gasteiger partial charge in [-0.15, -0.1) is 0 Å². The number of aromatic hydroxyl groups is 1. The van der Waals surface area contributed by atoms with Crippen molar-refractivity contribution < 1.29 is 14.7 Å². The maximum Gasteiger partial charge on any atom is 0.261 e. The summed E-state index contributed by atoms with van der Waals surface area (Å²) in [7, 11) is 0. The Balaban J connectivity index is 2.21. The Morgan fingerprint density at radius 2 is 2.05 bits per heavy atom. The predicted molar refractivity (Wildman–Crippen MR) is 66.1 cm³/mol. The van der Waals surface area contributed by atoms with Crippen LogP contribution in [-0.4, -0.2) is 26.7 Å². The van der Waals surface area contributed by atoms with E-state index in [1.54, 1.807) is 31.2 Å². The normalized spacial score (nSPS) is 14.2. The molecular formula is C13H11N3O3. The van der Waals surface area contributed by atoms with Crippen molar-refractivity contribution >= 4 is 11.8 Å². The monoisotopic (exact) mass is 257 g/mol. The van der Waals surface area contributed by atoms with Gasteiger partial charge in [0.25, 0.3) is 5.91 Å². The lowest BCUT2D eigenvalue weighted by molar-refractivity contribution is -0.119. The number of carbonyl (C=O) groups excluding carboxylic acids is 2. The first kappa shape index (κ1) is 11.5. The molecule has 96 valence electrons. The van der Waals surface area contributed by atoms with Crippen LogP contribution in [0.15, 0.2) is 24.3 Å². The van der Waals surface area contributed by atoms with Gasteiger partial charge in [0.15, 0.2) is 0 Å². The number of hydrogen-bond donors (Lipinski definition) is 2. The molecule has 0 radical (unpaired) electrons. The zero-order valence-electron chi connectivity index (χ0n) is 10.2. The van der Waals surface area contributed by atoms with Gasteiger partial charge in [0.1, 0.15) is 11.4 Å². The highest BCUT2D eigenvalue weighted by Crippen LogP contribution is 2.26. The van der Waals surface area contributed by atoms with Crippen molar-refractivity contribution in [3.05, 3.63) is 41.2 Å². The molecule has 1 aliphatic heterocycles. The van der Waals surface area contributed by atoms with E-state index in [2.05, 4.69) is 10.4 Å². The first-order chi connectivity index (χ1) is 9.08. The summed E-state index contributed by atoms with van der Waals surface area (Å²) < 4.78 is 1.48. The first-order valence-corrected chi connectivity index (χ1v) is 5.79. The Kier molecular flexibility index (Phi) is 2.38. The topological polar surface area (TPSA) is 84.2 Å². The highest BCUT2D eigenvalue weighted by molar-refractivity contribution is 6.10. The van der Waals surface area contributed by atoms with Gasteiger partial charge in [-0.1, -0.05) is 12.1 Å². The van der Waals surface area contributed by atoms with E-state index in [4.69, 9.17) is 0 Å². The Labute approximate surface area is 108 Å². The number of imide groups is 1. The van der Waals surface area contributed by atoms with Crippen LogP contribution < -0.4 is 5.32 Å². The molecule has 2 N–H and O–H groups in total. The number of nitrogens with zero attached hydrogens (tertiary/aromatic N) is 2. The van der Waals surface area contributed by atoms with E-state index >= 15 is 0 Å². The minimum atomic E-state index is -0.439. The maximum absolute atomic E-state index is 11.8. The van der Waals surface area contributed by atoms with Gasteiger partial charge in [0, 0.05) is 0 Å². The van der Waals surface area contributed by atoms with E-state index in [0.717, 1.165) is 0 Å². The van der Waals surface area contributed by atoms with Gasteiger partial charge in [0.2, 0.25) is 5.91 Å². The summed E-state index contributed by atoms with van der Waals surface area (Å²) in [5.74, 6) is -0.734. The molecule has 2 aromatic rings. The Bertz CT molecular complexity index is 703. The molecule has 1 aromatic carbocycles. The molecule has 0 fully saturated rings. The lowest BCUT2D eigenvalue weighted by Crippen LogP contribution is -2.37. The number of carbonyl (C=O) groups is 2. The van der Waals surface area contributed by atoms with E-state index in [0.29, 0.717) is 22.6 Å². The van der Waals surface area contributed by atoms with Crippen molar-refractivity contribution in [2.75, 3.05) is 0 Å². The Hall–Kier alpha value is -2.63. The van der Waals surface area contributed by atoms with Crippen LogP contribution in [0.5, 0.6) is 5.75 Å².